The largest absolute Gasteiger partial charge is 0.462 e. The SMILES string of the molecule is COC(C(=O)OCC(c1ccccc1F)S(N)(=O)=O)c1ccccc1. The van der Waals surface area contributed by atoms with E-state index in [2.05, 4.69) is 0 Å². The van der Waals surface area contributed by atoms with Crippen LogP contribution in [0, 0.1) is 5.82 Å². The number of hydrogen-bond acceptors (Lipinski definition) is 5. The summed E-state index contributed by atoms with van der Waals surface area (Å²) >= 11 is 0. The number of rotatable bonds is 7. The Bertz CT molecular complexity index is 826. The summed E-state index contributed by atoms with van der Waals surface area (Å²) in [6, 6.07) is 13.8. The molecule has 25 heavy (non-hydrogen) atoms. The number of carbonyl (C=O) groups excluding carboxylic acids is 1. The summed E-state index contributed by atoms with van der Waals surface area (Å²) in [7, 11) is -2.86. The van der Waals surface area contributed by atoms with Gasteiger partial charge < -0.3 is 9.47 Å². The van der Waals surface area contributed by atoms with Crippen LogP contribution in [0.2, 0.25) is 0 Å². The standard InChI is InChI=1S/C17H18FNO5S/c1-23-16(12-7-3-2-4-8-12)17(20)24-11-15(25(19,21)22)13-9-5-6-10-14(13)18/h2-10,15-16H,11H2,1H3,(H2,19,21,22). The van der Waals surface area contributed by atoms with Crippen molar-refractivity contribution in [2.24, 2.45) is 5.14 Å². The summed E-state index contributed by atoms with van der Waals surface area (Å²) in [4.78, 5) is 12.2. The molecule has 0 radical (unpaired) electrons. The first kappa shape index (κ1) is 19.0. The molecule has 2 atom stereocenters. The maximum atomic E-state index is 13.9. The second-order valence-corrected chi connectivity index (χ2v) is 7.00. The van der Waals surface area contributed by atoms with Crippen molar-refractivity contribution in [3.63, 3.8) is 0 Å². The van der Waals surface area contributed by atoms with E-state index in [1.54, 1.807) is 30.3 Å². The van der Waals surface area contributed by atoms with E-state index in [-0.39, 0.29) is 5.56 Å². The normalized spacial score (nSPS) is 13.9. The van der Waals surface area contributed by atoms with E-state index >= 15 is 0 Å². The number of ether oxygens (including phenoxy) is 2. The van der Waals surface area contributed by atoms with Gasteiger partial charge >= 0.3 is 5.97 Å². The Morgan fingerprint density at radius 3 is 2.28 bits per heavy atom. The number of hydrogen-bond donors (Lipinski definition) is 1. The summed E-state index contributed by atoms with van der Waals surface area (Å²) in [5.41, 5.74) is 0.388. The molecule has 0 amide bonds. The Labute approximate surface area is 145 Å². The summed E-state index contributed by atoms with van der Waals surface area (Å²) in [6.07, 6.45) is -1.03. The van der Waals surface area contributed by atoms with Crippen LogP contribution in [0.1, 0.15) is 22.5 Å². The highest BCUT2D eigenvalue weighted by Gasteiger charge is 2.30. The number of primary sulfonamides is 1. The highest BCUT2D eigenvalue weighted by Crippen LogP contribution is 2.25. The molecule has 0 aromatic heterocycles. The van der Waals surface area contributed by atoms with Crippen molar-refractivity contribution < 1.29 is 27.1 Å². The van der Waals surface area contributed by atoms with Crippen LogP contribution < -0.4 is 5.14 Å². The molecule has 0 spiro atoms. The molecule has 2 aromatic rings. The Morgan fingerprint density at radius 2 is 1.72 bits per heavy atom. The number of carbonyl (C=O) groups is 1. The molecule has 0 aliphatic carbocycles. The van der Waals surface area contributed by atoms with E-state index in [1.807, 2.05) is 0 Å². The minimum atomic E-state index is -4.19. The molecule has 0 fully saturated rings. The molecule has 134 valence electrons. The van der Waals surface area contributed by atoms with Gasteiger partial charge in [0.1, 0.15) is 17.7 Å². The topological polar surface area (TPSA) is 95.7 Å². The molecule has 0 saturated heterocycles. The number of esters is 1. The molecule has 0 bridgehead atoms. The Kier molecular flexibility index (Phi) is 6.24. The Hall–Kier alpha value is -2.29. The number of benzene rings is 2. The van der Waals surface area contributed by atoms with Crippen molar-refractivity contribution in [1.82, 2.24) is 0 Å². The first-order chi connectivity index (χ1) is 11.8. The number of sulfonamides is 1. The smallest absolute Gasteiger partial charge is 0.339 e. The fourth-order valence-electron chi connectivity index (χ4n) is 2.33. The number of halogens is 1. The minimum Gasteiger partial charge on any atom is -0.462 e. The van der Waals surface area contributed by atoms with Crippen molar-refractivity contribution in [3.8, 4) is 0 Å². The van der Waals surface area contributed by atoms with Gasteiger partial charge in [0.2, 0.25) is 10.0 Å². The van der Waals surface area contributed by atoms with Gasteiger partial charge in [0, 0.05) is 12.7 Å². The zero-order valence-corrected chi connectivity index (χ0v) is 14.3. The maximum absolute atomic E-state index is 13.9. The molecule has 2 N–H and O–H groups in total. The van der Waals surface area contributed by atoms with Crippen LogP contribution in [0.4, 0.5) is 4.39 Å². The van der Waals surface area contributed by atoms with Crippen LogP contribution in [0.25, 0.3) is 0 Å². The lowest BCUT2D eigenvalue weighted by Gasteiger charge is -2.19. The molecule has 2 aromatic carbocycles. The minimum absolute atomic E-state index is 0.161. The van der Waals surface area contributed by atoms with E-state index in [0.717, 1.165) is 6.07 Å². The molecule has 0 heterocycles. The summed E-state index contributed by atoms with van der Waals surface area (Å²) < 4.78 is 47.7. The molecule has 0 saturated carbocycles. The third-order valence-electron chi connectivity index (χ3n) is 3.58. The first-order valence-corrected chi connectivity index (χ1v) is 8.96. The van der Waals surface area contributed by atoms with E-state index in [0.29, 0.717) is 5.56 Å². The van der Waals surface area contributed by atoms with Gasteiger partial charge in [0.15, 0.2) is 6.10 Å². The second-order valence-electron chi connectivity index (χ2n) is 5.26. The van der Waals surface area contributed by atoms with Gasteiger partial charge in [-0.2, -0.15) is 0 Å². The third-order valence-corrected chi connectivity index (χ3v) is 4.76. The molecule has 0 aliphatic heterocycles. The molecule has 2 rings (SSSR count). The van der Waals surface area contributed by atoms with Crippen LogP contribution >= 0.6 is 0 Å². The van der Waals surface area contributed by atoms with Crippen LogP contribution in [-0.2, 0) is 24.3 Å². The van der Waals surface area contributed by atoms with Gasteiger partial charge in [-0.25, -0.2) is 22.7 Å². The molecule has 0 aliphatic rings. The van der Waals surface area contributed by atoms with Crippen LogP contribution in [0.3, 0.4) is 0 Å². The van der Waals surface area contributed by atoms with Crippen molar-refractivity contribution in [2.45, 2.75) is 11.4 Å². The van der Waals surface area contributed by atoms with Crippen molar-refractivity contribution >= 4 is 16.0 Å². The average molecular weight is 367 g/mol. The molecule has 8 heteroatoms. The maximum Gasteiger partial charge on any atom is 0.339 e. The fourth-order valence-corrected chi connectivity index (χ4v) is 3.13. The Balaban J connectivity index is 2.18. The molecule has 6 nitrogen and oxygen atoms in total. The lowest BCUT2D eigenvalue weighted by molar-refractivity contribution is -0.155. The third kappa shape index (κ3) is 4.85. The average Bonchev–Trinajstić information content (AvgIpc) is 2.57. The van der Waals surface area contributed by atoms with E-state index in [4.69, 9.17) is 14.6 Å². The molecular weight excluding hydrogens is 349 g/mol. The van der Waals surface area contributed by atoms with Gasteiger partial charge in [0.05, 0.1) is 0 Å². The predicted octanol–water partition coefficient (Wildman–Crippen LogP) is 2.09. The zero-order valence-electron chi connectivity index (χ0n) is 13.5. The highest BCUT2D eigenvalue weighted by molar-refractivity contribution is 7.89. The van der Waals surface area contributed by atoms with Gasteiger partial charge in [0.25, 0.3) is 0 Å². The van der Waals surface area contributed by atoms with Gasteiger partial charge in [-0.15, -0.1) is 0 Å². The van der Waals surface area contributed by atoms with Gasteiger partial charge in [-0.1, -0.05) is 48.5 Å². The number of nitrogens with two attached hydrogens (primary N) is 1. The lowest BCUT2D eigenvalue weighted by Crippen LogP contribution is -2.29. The van der Waals surface area contributed by atoms with E-state index in [9.17, 15) is 17.6 Å². The van der Waals surface area contributed by atoms with Gasteiger partial charge in [-0.3, -0.25) is 0 Å². The van der Waals surface area contributed by atoms with E-state index < -0.39 is 39.8 Å². The zero-order chi connectivity index (χ0) is 18.4. The summed E-state index contributed by atoms with van der Waals surface area (Å²) in [5.74, 6) is -1.54. The number of methoxy groups -OCH3 is 1. The van der Waals surface area contributed by atoms with Crippen LogP contribution in [0.15, 0.2) is 54.6 Å². The quantitative estimate of drug-likeness (QED) is 0.756. The highest BCUT2D eigenvalue weighted by atomic mass is 32.2. The van der Waals surface area contributed by atoms with Crippen molar-refractivity contribution in [2.75, 3.05) is 13.7 Å². The Morgan fingerprint density at radius 1 is 1.12 bits per heavy atom. The lowest BCUT2D eigenvalue weighted by atomic mass is 10.1. The molecule has 2 unspecified atom stereocenters. The van der Waals surface area contributed by atoms with Gasteiger partial charge in [-0.05, 0) is 11.6 Å². The van der Waals surface area contributed by atoms with Crippen molar-refractivity contribution in [1.29, 1.82) is 0 Å². The first-order valence-electron chi connectivity index (χ1n) is 7.35. The summed E-state index contributed by atoms with van der Waals surface area (Å²) in [5, 5.41) is 3.66. The molecular formula is C17H18FNO5S. The monoisotopic (exact) mass is 367 g/mol. The van der Waals surface area contributed by atoms with Crippen LogP contribution in [-0.4, -0.2) is 28.1 Å². The fraction of sp³-hybridized carbons (Fsp3) is 0.235. The predicted molar refractivity (Wildman–Crippen MR) is 89.4 cm³/mol. The van der Waals surface area contributed by atoms with Crippen molar-refractivity contribution in [3.05, 3.63) is 71.5 Å². The van der Waals surface area contributed by atoms with E-state index in [1.165, 1.54) is 25.3 Å². The van der Waals surface area contributed by atoms with Crippen LogP contribution in [0.5, 0.6) is 0 Å². The summed E-state index contributed by atoms with van der Waals surface area (Å²) in [6.45, 7) is -0.620. The second kappa shape index (κ2) is 8.19.